The Bertz CT molecular complexity index is 1090. The number of aromatic nitrogens is 1. The number of hydrogen-bond acceptors (Lipinski definition) is 6. The zero-order valence-corrected chi connectivity index (χ0v) is 20.1. The molecule has 0 bridgehead atoms. The summed E-state index contributed by atoms with van der Waals surface area (Å²) in [5.41, 5.74) is 0.462. The van der Waals surface area contributed by atoms with Crippen molar-refractivity contribution in [2.75, 3.05) is 25.6 Å². The van der Waals surface area contributed by atoms with Crippen molar-refractivity contribution in [2.45, 2.75) is 25.4 Å². The van der Waals surface area contributed by atoms with E-state index in [-0.39, 0.29) is 37.7 Å². The number of amides is 3. The molecule has 1 aromatic carbocycles. The lowest BCUT2D eigenvalue weighted by Crippen LogP contribution is -2.44. The van der Waals surface area contributed by atoms with Gasteiger partial charge in [-0.3, -0.25) is 14.4 Å². The third-order valence-corrected chi connectivity index (χ3v) is 5.94. The molecule has 0 spiro atoms. The maximum absolute atomic E-state index is 13.6. The van der Waals surface area contributed by atoms with E-state index in [2.05, 4.69) is 15.6 Å². The van der Waals surface area contributed by atoms with Crippen molar-refractivity contribution in [2.24, 2.45) is 0 Å². The highest BCUT2D eigenvalue weighted by Crippen LogP contribution is 2.26. The number of thiophene rings is 1. The topological polar surface area (TPSA) is 101 Å². The van der Waals surface area contributed by atoms with Gasteiger partial charge in [0.1, 0.15) is 17.7 Å². The van der Waals surface area contributed by atoms with Gasteiger partial charge in [-0.2, -0.15) is 0 Å². The number of carbonyl (C=O) groups is 3. The van der Waals surface area contributed by atoms with Gasteiger partial charge in [-0.15, -0.1) is 11.3 Å². The lowest BCUT2D eigenvalue weighted by molar-refractivity contribution is -0.142. The zero-order chi connectivity index (χ0) is 25.0. The highest BCUT2D eigenvalue weighted by atomic mass is 32.1. The smallest absolute Gasteiger partial charge is 0.247 e. The lowest BCUT2D eigenvalue weighted by atomic mass is 10.0. The van der Waals surface area contributed by atoms with Gasteiger partial charge >= 0.3 is 0 Å². The largest absolute Gasteiger partial charge is 0.383 e. The molecule has 0 unspecified atom stereocenters. The summed E-state index contributed by atoms with van der Waals surface area (Å²) in [5.74, 6) is -1.23. The number of anilines is 1. The first-order valence-electron chi connectivity index (χ1n) is 11.0. The number of pyridine rings is 1. The third kappa shape index (κ3) is 7.97. The Morgan fingerprint density at radius 2 is 1.89 bits per heavy atom. The molecule has 0 saturated carbocycles. The van der Waals surface area contributed by atoms with Crippen LogP contribution in [-0.2, 0) is 25.7 Å². The van der Waals surface area contributed by atoms with E-state index in [1.54, 1.807) is 24.4 Å². The molecule has 10 heteroatoms. The van der Waals surface area contributed by atoms with E-state index in [0.717, 1.165) is 4.88 Å². The summed E-state index contributed by atoms with van der Waals surface area (Å²) in [7, 11) is 1.52. The van der Waals surface area contributed by atoms with Crippen LogP contribution in [0.5, 0.6) is 0 Å². The fourth-order valence-electron chi connectivity index (χ4n) is 3.39. The summed E-state index contributed by atoms with van der Waals surface area (Å²) in [6.07, 6.45) is 1.35. The molecule has 184 valence electrons. The van der Waals surface area contributed by atoms with Gasteiger partial charge in [0.15, 0.2) is 0 Å². The van der Waals surface area contributed by atoms with Crippen molar-refractivity contribution < 1.29 is 23.5 Å². The summed E-state index contributed by atoms with van der Waals surface area (Å²) in [4.78, 5) is 45.3. The van der Waals surface area contributed by atoms with E-state index >= 15 is 0 Å². The van der Waals surface area contributed by atoms with Crippen LogP contribution in [0.2, 0.25) is 0 Å². The van der Waals surface area contributed by atoms with E-state index < -0.39 is 17.8 Å². The molecular weight excluding hydrogens is 471 g/mol. The molecule has 3 rings (SSSR count). The third-order valence-electron chi connectivity index (χ3n) is 5.08. The Labute approximate surface area is 207 Å². The quantitative estimate of drug-likeness (QED) is 0.372. The Kier molecular flexibility index (Phi) is 9.88. The Hall–Kier alpha value is -3.63. The van der Waals surface area contributed by atoms with Gasteiger partial charge in [-0.05, 0) is 41.3 Å². The molecule has 0 saturated heterocycles. The van der Waals surface area contributed by atoms with E-state index in [9.17, 15) is 18.8 Å². The van der Waals surface area contributed by atoms with E-state index in [0.29, 0.717) is 18.0 Å². The van der Waals surface area contributed by atoms with Crippen LogP contribution in [0.15, 0.2) is 66.2 Å². The zero-order valence-electron chi connectivity index (χ0n) is 19.3. The summed E-state index contributed by atoms with van der Waals surface area (Å²) in [6.45, 7) is 0.715. The van der Waals surface area contributed by atoms with E-state index in [1.165, 1.54) is 47.6 Å². The van der Waals surface area contributed by atoms with Crippen molar-refractivity contribution in [1.29, 1.82) is 0 Å². The minimum atomic E-state index is -1.01. The minimum absolute atomic E-state index is 0.0855. The van der Waals surface area contributed by atoms with Crippen molar-refractivity contribution in [3.8, 4) is 0 Å². The average Bonchev–Trinajstić information content (AvgIpc) is 3.37. The molecule has 0 aliphatic rings. The molecule has 0 aliphatic carbocycles. The van der Waals surface area contributed by atoms with Crippen LogP contribution in [0.3, 0.4) is 0 Å². The van der Waals surface area contributed by atoms with Gasteiger partial charge in [0.05, 0.1) is 13.2 Å². The van der Waals surface area contributed by atoms with Gasteiger partial charge in [-0.25, -0.2) is 9.37 Å². The number of rotatable bonds is 12. The van der Waals surface area contributed by atoms with Crippen LogP contribution in [0, 0.1) is 5.82 Å². The summed E-state index contributed by atoms with van der Waals surface area (Å²) in [5, 5.41) is 7.30. The predicted molar refractivity (Wildman–Crippen MR) is 131 cm³/mol. The van der Waals surface area contributed by atoms with Gasteiger partial charge in [0.2, 0.25) is 17.7 Å². The first-order chi connectivity index (χ1) is 17.0. The first kappa shape index (κ1) is 26.0. The Balaban J connectivity index is 1.81. The number of methoxy groups -OCH3 is 1. The fourth-order valence-corrected chi connectivity index (χ4v) is 4.09. The molecule has 0 radical (unpaired) electrons. The molecule has 0 aliphatic heterocycles. The summed E-state index contributed by atoms with van der Waals surface area (Å²) < 4.78 is 18.6. The normalized spacial score (nSPS) is 11.5. The number of benzene rings is 1. The molecule has 1 atom stereocenters. The predicted octanol–water partition coefficient (Wildman–Crippen LogP) is 3.53. The molecule has 2 aromatic heterocycles. The van der Waals surface area contributed by atoms with Crippen molar-refractivity contribution in [3.05, 3.63) is 82.4 Å². The average molecular weight is 499 g/mol. The fraction of sp³-hybridized carbons (Fsp3) is 0.280. The molecule has 0 fully saturated rings. The number of halogens is 1. The van der Waals surface area contributed by atoms with Crippen LogP contribution < -0.4 is 10.6 Å². The standard InChI is InChI=1S/C25H27FN4O4S/c1-34-15-14-28-25(33)24(18-7-9-19(26)10-8-18)30(17-20-5-4-16-35-20)23(32)12-11-22(31)29-21-6-2-3-13-27-21/h2-10,13,16,24H,11-12,14-15,17H2,1H3,(H,28,33)(H,27,29,31)/t24-/m0/s1. The van der Waals surface area contributed by atoms with Gasteiger partial charge in [-0.1, -0.05) is 24.3 Å². The van der Waals surface area contributed by atoms with Crippen molar-refractivity contribution in [3.63, 3.8) is 0 Å². The number of nitrogens with one attached hydrogen (secondary N) is 2. The van der Waals surface area contributed by atoms with Crippen LogP contribution in [-0.4, -0.2) is 47.9 Å². The van der Waals surface area contributed by atoms with E-state index in [1.807, 2.05) is 17.5 Å². The highest BCUT2D eigenvalue weighted by Gasteiger charge is 2.32. The minimum Gasteiger partial charge on any atom is -0.383 e. The molecule has 3 aromatic rings. The first-order valence-corrected chi connectivity index (χ1v) is 11.9. The molecule has 3 amide bonds. The second kappa shape index (κ2) is 13.3. The number of carbonyl (C=O) groups excluding carboxylic acids is 3. The second-order valence-electron chi connectivity index (χ2n) is 7.60. The second-order valence-corrected chi connectivity index (χ2v) is 8.63. The van der Waals surface area contributed by atoms with Crippen LogP contribution in [0.25, 0.3) is 0 Å². The highest BCUT2D eigenvalue weighted by molar-refractivity contribution is 7.09. The van der Waals surface area contributed by atoms with Crippen molar-refractivity contribution >= 4 is 34.9 Å². The number of hydrogen-bond donors (Lipinski definition) is 2. The molecular formula is C25H27FN4O4S. The van der Waals surface area contributed by atoms with Gasteiger partial charge in [0, 0.05) is 37.6 Å². The molecule has 2 heterocycles. The Morgan fingerprint density at radius 1 is 1.09 bits per heavy atom. The van der Waals surface area contributed by atoms with Crippen LogP contribution >= 0.6 is 11.3 Å². The van der Waals surface area contributed by atoms with Crippen molar-refractivity contribution in [1.82, 2.24) is 15.2 Å². The maximum atomic E-state index is 13.6. The molecule has 8 nitrogen and oxygen atoms in total. The van der Waals surface area contributed by atoms with Gasteiger partial charge < -0.3 is 20.3 Å². The van der Waals surface area contributed by atoms with Crippen LogP contribution in [0.4, 0.5) is 10.2 Å². The number of nitrogens with zero attached hydrogens (tertiary/aromatic N) is 2. The molecule has 2 N–H and O–H groups in total. The molecule has 35 heavy (non-hydrogen) atoms. The lowest BCUT2D eigenvalue weighted by Gasteiger charge is -2.31. The summed E-state index contributed by atoms with van der Waals surface area (Å²) in [6, 6.07) is 13.3. The maximum Gasteiger partial charge on any atom is 0.247 e. The van der Waals surface area contributed by atoms with Gasteiger partial charge in [0.25, 0.3) is 0 Å². The number of ether oxygens (including phenoxy) is 1. The monoisotopic (exact) mass is 498 g/mol. The Morgan fingerprint density at radius 3 is 2.54 bits per heavy atom. The van der Waals surface area contributed by atoms with Crippen LogP contribution in [0.1, 0.15) is 29.3 Å². The summed E-state index contributed by atoms with van der Waals surface area (Å²) >= 11 is 1.45. The van der Waals surface area contributed by atoms with E-state index in [4.69, 9.17) is 4.74 Å². The SMILES string of the molecule is COCCNC(=O)[C@H](c1ccc(F)cc1)N(Cc1cccs1)C(=O)CCC(=O)Nc1ccccn1.